The molecule has 0 saturated heterocycles. The molecule has 0 aliphatic carbocycles. The fourth-order valence-corrected chi connectivity index (χ4v) is 2.84. The van der Waals surface area contributed by atoms with Gasteiger partial charge in [-0.3, -0.25) is 4.68 Å². The summed E-state index contributed by atoms with van der Waals surface area (Å²) < 4.78 is 2.03. The zero-order valence-corrected chi connectivity index (χ0v) is 13.3. The van der Waals surface area contributed by atoms with E-state index in [-0.39, 0.29) is 0 Å². The van der Waals surface area contributed by atoms with Crippen LogP contribution < -0.4 is 0 Å². The van der Waals surface area contributed by atoms with Gasteiger partial charge in [-0.1, -0.05) is 44.2 Å². The lowest BCUT2D eigenvalue weighted by molar-refractivity contribution is 0.219. The fraction of sp³-hybridized carbons (Fsp3) is 0.316. The summed E-state index contributed by atoms with van der Waals surface area (Å²) in [6.07, 6.45) is 1.28. The predicted molar refractivity (Wildman–Crippen MR) is 89.8 cm³/mol. The van der Waals surface area contributed by atoms with Crippen molar-refractivity contribution in [2.24, 2.45) is 5.92 Å². The number of benzene rings is 2. The molecule has 1 atom stereocenters. The Labute approximate surface area is 131 Å². The maximum absolute atomic E-state index is 10.7. The van der Waals surface area contributed by atoms with Crippen molar-refractivity contribution in [2.75, 3.05) is 0 Å². The Morgan fingerprint density at radius 3 is 2.64 bits per heavy atom. The van der Waals surface area contributed by atoms with Crippen molar-refractivity contribution in [2.45, 2.75) is 33.4 Å². The van der Waals surface area contributed by atoms with Gasteiger partial charge in [0.05, 0.1) is 11.7 Å². The smallest absolute Gasteiger partial charge is 0.104 e. The largest absolute Gasteiger partial charge is 0.384 e. The molecule has 1 heterocycles. The molecule has 1 aromatic heterocycles. The van der Waals surface area contributed by atoms with E-state index in [0.717, 1.165) is 34.1 Å². The molecule has 0 amide bonds. The van der Waals surface area contributed by atoms with Crippen LogP contribution in [-0.4, -0.2) is 14.9 Å². The van der Waals surface area contributed by atoms with Gasteiger partial charge < -0.3 is 5.11 Å². The lowest BCUT2D eigenvalue weighted by atomic mass is 9.97. The van der Waals surface area contributed by atoms with Gasteiger partial charge in [0.25, 0.3) is 0 Å². The van der Waals surface area contributed by atoms with Crippen LogP contribution in [0.2, 0.25) is 0 Å². The second-order valence-corrected chi connectivity index (χ2v) is 6.30. The number of aliphatic hydroxyl groups is 1. The third-order valence-electron chi connectivity index (χ3n) is 4.00. The zero-order valence-electron chi connectivity index (χ0n) is 13.3. The highest BCUT2D eigenvalue weighted by atomic mass is 16.3. The average molecular weight is 294 g/mol. The Balaban J connectivity index is 1.97. The third kappa shape index (κ3) is 2.77. The van der Waals surface area contributed by atoms with Crippen LogP contribution in [0.4, 0.5) is 0 Å². The fourth-order valence-electron chi connectivity index (χ4n) is 2.84. The number of aryl methyl sites for hydroxylation is 1. The summed E-state index contributed by atoms with van der Waals surface area (Å²) in [7, 11) is 0. The first-order valence-corrected chi connectivity index (χ1v) is 7.75. The maximum Gasteiger partial charge on any atom is 0.104 e. The van der Waals surface area contributed by atoms with Crippen LogP contribution >= 0.6 is 0 Å². The van der Waals surface area contributed by atoms with Gasteiger partial charge in [-0.05, 0) is 41.7 Å². The van der Waals surface area contributed by atoms with Crippen LogP contribution in [0, 0.1) is 12.8 Å². The second kappa shape index (κ2) is 5.93. The van der Waals surface area contributed by atoms with E-state index in [0.29, 0.717) is 5.92 Å². The maximum atomic E-state index is 10.7. The quantitative estimate of drug-likeness (QED) is 0.787. The lowest BCUT2D eigenvalue weighted by Gasteiger charge is -2.14. The van der Waals surface area contributed by atoms with E-state index in [2.05, 4.69) is 25.0 Å². The van der Waals surface area contributed by atoms with Crippen molar-refractivity contribution >= 4 is 10.9 Å². The molecular weight excluding hydrogens is 272 g/mol. The van der Waals surface area contributed by atoms with E-state index < -0.39 is 6.10 Å². The van der Waals surface area contributed by atoms with Gasteiger partial charge in [0, 0.05) is 11.9 Å². The molecule has 3 heteroatoms. The summed E-state index contributed by atoms with van der Waals surface area (Å²) in [5, 5.41) is 16.2. The molecule has 114 valence electrons. The van der Waals surface area contributed by atoms with Crippen LogP contribution in [0.5, 0.6) is 0 Å². The van der Waals surface area contributed by atoms with E-state index in [4.69, 9.17) is 0 Å². The van der Waals surface area contributed by atoms with E-state index in [9.17, 15) is 5.11 Å². The third-order valence-corrected chi connectivity index (χ3v) is 4.00. The topological polar surface area (TPSA) is 38.1 Å². The van der Waals surface area contributed by atoms with Gasteiger partial charge in [-0.15, -0.1) is 0 Å². The Bertz CT molecular complexity index is 789. The van der Waals surface area contributed by atoms with Gasteiger partial charge >= 0.3 is 0 Å². The molecule has 0 aliphatic heterocycles. The normalized spacial score (nSPS) is 13.0. The molecule has 3 nitrogen and oxygen atoms in total. The van der Waals surface area contributed by atoms with Crippen LogP contribution in [0.15, 0.2) is 48.7 Å². The highest BCUT2D eigenvalue weighted by Gasteiger charge is 2.14. The highest BCUT2D eigenvalue weighted by molar-refractivity contribution is 5.79. The molecular formula is C19H22N2O. The van der Waals surface area contributed by atoms with Gasteiger partial charge in [0.1, 0.15) is 6.10 Å². The van der Waals surface area contributed by atoms with E-state index in [1.165, 1.54) is 0 Å². The zero-order chi connectivity index (χ0) is 15.7. The van der Waals surface area contributed by atoms with E-state index >= 15 is 0 Å². The first kappa shape index (κ1) is 14.8. The van der Waals surface area contributed by atoms with Gasteiger partial charge in [-0.2, -0.15) is 5.10 Å². The highest BCUT2D eigenvalue weighted by Crippen LogP contribution is 2.27. The molecule has 0 saturated carbocycles. The summed E-state index contributed by atoms with van der Waals surface area (Å²) in [6.45, 7) is 7.30. The molecule has 2 aromatic carbocycles. The number of aromatic nitrogens is 2. The molecule has 22 heavy (non-hydrogen) atoms. The van der Waals surface area contributed by atoms with E-state index in [1.807, 2.05) is 54.2 Å². The first-order chi connectivity index (χ1) is 10.6. The van der Waals surface area contributed by atoms with Crippen molar-refractivity contribution in [3.05, 3.63) is 65.4 Å². The summed E-state index contributed by atoms with van der Waals surface area (Å²) >= 11 is 0. The molecule has 3 aromatic rings. The number of aliphatic hydroxyl groups excluding tert-OH is 1. The Morgan fingerprint density at radius 2 is 1.91 bits per heavy atom. The summed E-state index contributed by atoms with van der Waals surface area (Å²) in [6, 6.07) is 14.1. The summed E-state index contributed by atoms with van der Waals surface area (Å²) in [5.41, 5.74) is 4.09. The minimum absolute atomic E-state index is 0.556. The van der Waals surface area contributed by atoms with Crippen LogP contribution in [0.3, 0.4) is 0 Å². The molecule has 0 fully saturated rings. The number of nitrogens with zero attached hydrogens (tertiary/aromatic N) is 2. The molecule has 0 radical (unpaired) electrons. The SMILES string of the molecule is Cc1ccccc1[C@H](O)c1ccc2c(cnn2CC(C)C)c1. The molecule has 0 aliphatic rings. The number of rotatable bonds is 4. The molecule has 3 rings (SSSR count). The Kier molecular flexibility index (Phi) is 3.99. The molecule has 0 unspecified atom stereocenters. The van der Waals surface area contributed by atoms with Gasteiger partial charge in [0.15, 0.2) is 0 Å². The van der Waals surface area contributed by atoms with Crippen LogP contribution in [0.25, 0.3) is 10.9 Å². The Hall–Kier alpha value is -2.13. The second-order valence-electron chi connectivity index (χ2n) is 6.30. The molecule has 0 spiro atoms. The Morgan fingerprint density at radius 1 is 1.14 bits per heavy atom. The van der Waals surface area contributed by atoms with Crippen molar-refractivity contribution in [3.8, 4) is 0 Å². The lowest BCUT2D eigenvalue weighted by Crippen LogP contribution is -2.06. The predicted octanol–water partition coefficient (Wildman–Crippen LogP) is 4.08. The molecule has 1 N–H and O–H groups in total. The van der Waals surface area contributed by atoms with Crippen molar-refractivity contribution in [1.82, 2.24) is 9.78 Å². The van der Waals surface area contributed by atoms with Crippen molar-refractivity contribution < 1.29 is 5.11 Å². The van der Waals surface area contributed by atoms with Crippen LogP contribution in [0.1, 0.15) is 36.6 Å². The first-order valence-electron chi connectivity index (χ1n) is 7.75. The number of fused-ring (bicyclic) bond motifs is 1. The van der Waals surface area contributed by atoms with Gasteiger partial charge in [0.2, 0.25) is 0 Å². The van der Waals surface area contributed by atoms with Crippen LogP contribution in [-0.2, 0) is 6.54 Å². The minimum Gasteiger partial charge on any atom is -0.384 e. The number of hydrogen-bond acceptors (Lipinski definition) is 2. The minimum atomic E-state index is -0.598. The average Bonchev–Trinajstić information content (AvgIpc) is 2.89. The monoisotopic (exact) mass is 294 g/mol. The van der Waals surface area contributed by atoms with Gasteiger partial charge in [-0.25, -0.2) is 0 Å². The van der Waals surface area contributed by atoms with Crippen molar-refractivity contribution in [3.63, 3.8) is 0 Å². The van der Waals surface area contributed by atoms with Crippen molar-refractivity contribution in [1.29, 1.82) is 0 Å². The summed E-state index contributed by atoms with van der Waals surface area (Å²) in [4.78, 5) is 0. The number of hydrogen-bond donors (Lipinski definition) is 1. The standard InChI is InChI=1S/C19H22N2O/c1-13(2)12-21-18-9-8-15(10-16(18)11-20-21)19(22)17-7-5-4-6-14(17)3/h4-11,13,19,22H,12H2,1-3H3/t19-/m1/s1. The summed E-state index contributed by atoms with van der Waals surface area (Å²) in [5.74, 6) is 0.556. The van der Waals surface area contributed by atoms with E-state index in [1.54, 1.807) is 0 Å². The molecule has 0 bridgehead atoms.